The number of hydrogen-bond donors (Lipinski definition) is 1. The fourth-order valence-corrected chi connectivity index (χ4v) is 1.56. The van der Waals surface area contributed by atoms with Crippen LogP contribution in [-0.2, 0) is 6.42 Å². The summed E-state index contributed by atoms with van der Waals surface area (Å²) in [7, 11) is 0. The summed E-state index contributed by atoms with van der Waals surface area (Å²) in [5.41, 5.74) is 0.573. The van der Waals surface area contributed by atoms with Crippen LogP contribution in [0.1, 0.15) is 26.0 Å². The smallest absolute Gasteiger partial charge is 0.272 e. The summed E-state index contributed by atoms with van der Waals surface area (Å²) in [4.78, 5) is 14.1. The molecule has 1 atom stereocenters. The number of aromatic nitrogens is 1. The largest absolute Gasteiger partial charge is 0.393 e. The summed E-state index contributed by atoms with van der Waals surface area (Å²) in [6.45, 7) is 4.04. The zero-order valence-electron chi connectivity index (χ0n) is 9.46. The minimum atomic E-state index is -0.491. The minimum absolute atomic E-state index is 0.0155. The molecular formula is C11H16N2O3. The van der Waals surface area contributed by atoms with Crippen LogP contribution in [0.3, 0.4) is 0 Å². The number of hydrogen-bond acceptors (Lipinski definition) is 4. The third-order valence-electron chi connectivity index (χ3n) is 2.20. The molecule has 0 aromatic carbocycles. The molecule has 1 rings (SSSR count). The molecule has 0 bridgehead atoms. The first-order valence-corrected chi connectivity index (χ1v) is 5.26. The maximum atomic E-state index is 10.5. The van der Waals surface area contributed by atoms with E-state index in [0.717, 1.165) is 0 Å². The normalized spacial score (nSPS) is 12.8. The first-order valence-electron chi connectivity index (χ1n) is 5.26. The summed E-state index contributed by atoms with van der Waals surface area (Å²) in [5.74, 6) is 0.397. The van der Waals surface area contributed by atoms with Gasteiger partial charge in [-0.3, -0.25) is 15.1 Å². The van der Waals surface area contributed by atoms with Crippen molar-refractivity contribution < 1.29 is 10.0 Å². The van der Waals surface area contributed by atoms with Gasteiger partial charge in [-0.25, -0.2) is 0 Å². The average Bonchev–Trinajstić information content (AvgIpc) is 2.16. The zero-order chi connectivity index (χ0) is 12.1. The number of aliphatic hydroxyl groups excluding tert-OH is 1. The zero-order valence-corrected chi connectivity index (χ0v) is 9.46. The molecule has 0 spiro atoms. The third kappa shape index (κ3) is 3.94. The molecule has 1 aromatic heterocycles. The monoisotopic (exact) mass is 224 g/mol. The van der Waals surface area contributed by atoms with Crippen LogP contribution in [0.5, 0.6) is 0 Å². The highest BCUT2D eigenvalue weighted by atomic mass is 16.6. The van der Waals surface area contributed by atoms with Crippen LogP contribution in [0.4, 0.5) is 5.69 Å². The lowest BCUT2D eigenvalue weighted by molar-refractivity contribution is -0.385. The van der Waals surface area contributed by atoms with Gasteiger partial charge in [0.25, 0.3) is 5.69 Å². The Bertz CT molecular complexity index is 366. The lowest BCUT2D eigenvalue weighted by Crippen LogP contribution is -2.14. The van der Waals surface area contributed by atoms with Crippen molar-refractivity contribution in [2.75, 3.05) is 0 Å². The highest BCUT2D eigenvalue weighted by Gasteiger charge is 2.12. The molecule has 0 saturated heterocycles. The van der Waals surface area contributed by atoms with Crippen LogP contribution >= 0.6 is 0 Å². The molecule has 0 saturated carbocycles. The molecule has 0 aliphatic heterocycles. The Kier molecular flexibility index (Phi) is 4.37. The van der Waals surface area contributed by atoms with Crippen molar-refractivity contribution in [2.24, 2.45) is 5.92 Å². The first kappa shape index (κ1) is 12.6. The molecule has 5 heteroatoms. The summed E-state index contributed by atoms with van der Waals surface area (Å²) < 4.78 is 0. The molecule has 16 heavy (non-hydrogen) atoms. The number of rotatable bonds is 5. The van der Waals surface area contributed by atoms with Gasteiger partial charge < -0.3 is 5.11 Å². The molecule has 0 fully saturated rings. The topological polar surface area (TPSA) is 76.3 Å². The fourth-order valence-electron chi connectivity index (χ4n) is 1.56. The lowest BCUT2D eigenvalue weighted by atomic mass is 10.0. The van der Waals surface area contributed by atoms with Gasteiger partial charge in [0.05, 0.1) is 11.0 Å². The Labute approximate surface area is 94.3 Å². The van der Waals surface area contributed by atoms with Crippen molar-refractivity contribution in [3.8, 4) is 0 Å². The van der Waals surface area contributed by atoms with Gasteiger partial charge in [0.2, 0.25) is 0 Å². The second-order valence-corrected chi connectivity index (χ2v) is 4.25. The van der Waals surface area contributed by atoms with Gasteiger partial charge in [-0.15, -0.1) is 0 Å². The highest BCUT2D eigenvalue weighted by molar-refractivity contribution is 5.29. The maximum Gasteiger partial charge on any atom is 0.272 e. The second-order valence-electron chi connectivity index (χ2n) is 4.25. The molecule has 0 aliphatic rings. The third-order valence-corrected chi connectivity index (χ3v) is 2.20. The van der Waals surface area contributed by atoms with Crippen LogP contribution in [0.2, 0.25) is 0 Å². The van der Waals surface area contributed by atoms with Crippen molar-refractivity contribution in [1.29, 1.82) is 0 Å². The van der Waals surface area contributed by atoms with E-state index >= 15 is 0 Å². The van der Waals surface area contributed by atoms with Crippen molar-refractivity contribution in [2.45, 2.75) is 32.8 Å². The van der Waals surface area contributed by atoms with E-state index in [4.69, 9.17) is 0 Å². The van der Waals surface area contributed by atoms with Gasteiger partial charge in [0, 0.05) is 30.4 Å². The quantitative estimate of drug-likeness (QED) is 0.612. The number of nitrogens with zero attached hydrogens (tertiary/aromatic N) is 2. The van der Waals surface area contributed by atoms with Crippen molar-refractivity contribution in [3.63, 3.8) is 0 Å². The minimum Gasteiger partial charge on any atom is -0.393 e. The van der Waals surface area contributed by atoms with Crippen LogP contribution in [0, 0.1) is 16.0 Å². The maximum absolute atomic E-state index is 10.5. The van der Waals surface area contributed by atoms with E-state index < -0.39 is 11.0 Å². The van der Waals surface area contributed by atoms with E-state index in [9.17, 15) is 15.2 Å². The van der Waals surface area contributed by atoms with Crippen molar-refractivity contribution >= 4 is 5.69 Å². The molecule has 1 aromatic rings. The summed E-state index contributed by atoms with van der Waals surface area (Å²) >= 11 is 0. The molecule has 1 heterocycles. The predicted octanol–water partition coefficient (Wildman–Crippen LogP) is 1.94. The van der Waals surface area contributed by atoms with Gasteiger partial charge in [0.15, 0.2) is 0 Å². The Balaban J connectivity index is 2.66. The molecule has 0 aliphatic carbocycles. The molecule has 1 unspecified atom stereocenters. The molecule has 88 valence electrons. The number of pyridine rings is 1. The Morgan fingerprint density at radius 1 is 1.56 bits per heavy atom. The number of aliphatic hydroxyl groups is 1. The van der Waals surface area contributed by atoms with E-state index in [1.165, 1.54) is 18.3 Å². The second kappa shape index (κ2) is 5.55. The highest BCUT2D eigenvalue weighted by Crippen LogP contribution is 2.14. The van der Waals surface area contributed by atoms with Crippen molar-refractivity contribution in [1.82, 2.24) is 4.98 Å². The Morgan fingerprint density at radius 2 is 2.25 bits per heavy atom. The standard InChI is InChI=1S/C11H16N2O3/c1-8(2)5-11(14)7-9-6-10(13(15)16)3-4-12-9/h3-4,6,8,11,14H,5,7H2,1-2H3. The van der Waals surface area contributed by atoms with Crippen LogP contribution in [0.25, 0.3) is 0 Å². The predicted molar refractivity (Wildman–Crippen MR) is 60.1 cm³/mol. The molecular weight excluding hydrogens is 208 g/mol. The average molecular weight is 224 g/mol. The van der Waals surface area contributed by atoms with E-state index in [-0.39, 0.29) is 5.69 Å². The van der Waals surface area contributed by atoms with Gasteiger partial charge in [-0.1, -0.05) is 13.8 Å². The summed E-state index contributed by atoms with van der Waals surface area (Å²) in [5, 5.41) is 20.2. The van der Waals surface area contributed by atoms with E-state index in [1.807, 2.05) is 13.8 Å². The lowest BCUT2D eigenvalue weighted by Gasteiger charge is -2.11. The molecule has 5 nitrogen and oxygen atoms in total. The number of nitro groups is 1. The Morgan fingerprint density at radius 3 is 2.81 bits per heavy atom. The fraction of sp³-hybridized carbons (Fsp3) is 0.545. The molecule has 0 amide bonds. The van der Waals surface area contributed by atoms with Crippen LogP contribution < -0.4 is 0 Å². The van der Waals surface area contributed by atoms with Gasteiger partial charge in [0.1, 0.15) is 0 Å². The Hall–Kier alpha value is -1.49. The van der Waals surface area contributed by atoms with Gasteiger partial charge in [-0.05, 0) is 12.3 Å². The summed E-state index contributed by atoms with van der Waals surface area (Å²) in [6.07, 6.45) is 1.94. The van der Waals surface area contributed by atoms with Crippen LogP contribution in [-0.4, -0.2) is 21.1 Å². The van der Waals surface area contributed by atoms with E-state index in [2.05, 4.69) is 4.98 Å². The summed E-state index contributed by atoms with van der Waals surface area (Å²) in [6, 6.07) is 2.75. The van der Waals surface area contributed by atoms with Gasteiger partial charge >= 0.3 is 0 Å². The van der Waals surface area contributed by atoms with E-state index in [0.29, 0.717) is 24.5 Å². The van der Waals surface area contributed by atoms with Crippen molar-refractivity contribution in [3.05, 3.63) is 34.1 Å². The van der Waals surface area contributed by atoms with E-state index in [1.54, 1.807) is 0 Å². The van der Waals surface area contributed by atoms with Gasteiger partial charge in [-0.2, -0.15) is 0 Å². The molecule has 0 radical (unpaired) electrons. The molecule has 1 N–H and O–H groups in total. The SMILES string of the molecule is CC(C)CC(O)Cc1cc([N+](=O)[O-])ccn1. The first-order chi connectivity index (χ1) is 7.49. The van der Waals surface area contributed by atoms with Crippen LogP contribution in [0.15, 0.2) is 18.3 Å².